The largest absolute Gasteiger partial charge is 0.350 e. The van der Waals surface area contributed by atoms with Gasteiger partial charge in [-0.2, -0.15) is 0 Å². The molecule has 1 aromatic heterocycles. The molecule has 0 unspecified atom stereocenters. The van der Waals surface area contributed by atoms with Crippen LogP contribution in [0, 0.1) is 11.6 Å². The van der Waals surface area contributed by atoms with E-state index in [9.17, 15) is 18.4 Å². The summed E-state index contributed by atoms with van der Waals surface area (Å²) in [6.07, 6.45) is 0. The fourth-order valence-electron chi connectivity index (χ4n) is 2.12. The Kier molecular flexibility index (Phi) is 3.76. The van der Waals surface area contributed by atoms with Gasteiger partial charge >= 0.3 is 0 Å². The van der Waals surface area contributed by atoms with Crippen LogP contribution in [0.15, 0.2) is 48.5 Å². The Balaban J connectivity index is 1.71. The van der Waals surface area contributed by atoms with E-state index < -0.39 is 23.4 Å². The van der Waals surface area contributed by atoms with Gasteiger partial charge in [0, 0.05) is 10.9 Å². The van der Waals surface area contributed by atoms with E-state index in [4.69, 9.17) is 0 Å². The number of amides is 2. The number of aromatic nitrogens is 1. The molecule has 2 aromatic carbocycles. The second-order valence-electron chi connectivity index (χ2n) is 4.80. The standard InChI is InChI=1S/C16H11F2N3O2/c17-10-5-6-13-9(7-10)8-14(19-13)16(23)21-20-15(22)11-3-1-2-4-12(11)18/h1-8,19H,(H,20,22)(H,21,23). The molecule has 0 atom stereocenters. The van der Waals surface area contributed by atoms with Crippen LogP contribution in [0.2, 0.25) is 0 Å². The lowest BCUT2D eigenvalue weighted by molar-refractivity contribution is 0.0842. The number of fused-ring (bicyclic) bond motifs is 1. The molecule has 3 aromatic rings. The summed E-state index contributed by atoms with van der Waals surface area (Å²) in [6.45, 7) is 0. The molecule has 2 amide bonds. The minimum Gasteiger partial charge on any atom is -0.350 e. The first-order valence-electron chi connectivity index (χ1n) is 6.68. The van der Waals surface area contributed by atoms with Crippen LogP contribution in [-0.4, -0.2) is 16.8 Å². The normalized spacial score (nSPS) is 10.5. The van der Waals surface area contributed by atoms with Crippen LogP contribution in [-0.2, 0) is 0 Å². The first kappa shape index (κ1) is 14.7. The van der Waals surface area contributed by atoms with Crippen LogP contribution < -0.4 is 10.9 Å². The first-order chi connectivity index (χ1) is 11.0. The first-order valence-corrected chi connectivity index (χ1v) is 6.68. The second kappa shape index (κ2) is 5.88. The highest BCUT2D eigenvalue weighted by Gasteiger charge is 2.14. The van der Waals surface area contributed by atoms with Crippen LogP contribution in [0.5, 0.6) is 0 Å². The Hall–Kier alpha value is -3.22. The summed E-state index contributed by atoms with van der Waals surface area (Å²) in [7, 11) is 0. The number of benzene rings is 2. The number of hydrogen-bond donors (Lipinski definition) is 3. The lowest BCUT2D eigenvalue weighted by atomic mass is 10.2. The quantitative estimate of drug-likeness (QED) is 0.636. The molecular formula is C16H11F2N3O2. The fraction of sp³-hybridized carbons (Fsp3) is 0. The monoisotopic (exact) mass is 315 g/mol. The highest BCUT2D eigenvalue weighted by molar-refractivity contribution is 6.00. The van der Waals surface area contributed by atoms with Crippen molar-refractivity contribution < 1.29 is 18.4 Å². The van der Waals surface area contributed by atoms with E-state index in [0.717, 1.165) is 6.07 Å². The molecule has 0 saturated carbocycles. The molecule has 0 fully saturated rings. The van der Waals surface area contributed by atoms with E-state index >= 15 is 0 Å². The van der Waals surface area contributed by atoms with Gasteiger partial charge in [-0.3, -0.25) is 20.4 Å². The second-order valence-corrected chi connectivity index (χ2v) is 4.80. The smallest absolute Gasteiger partial charge is 0.286 e. The molecule has 3 N–H and O–H groups in total. The molecule has 116 valence electrons. The molecule has 0 aliphatic heterocycles. The maximum Gasteiger partial charge on any atom is 0.286 e. The molecule has 5 nitrogen and oxygen atoms in total. The maximum atomic E-state index is 13.4. The molecule has 0 radical (unpaired) electrons. The molecule has 0 bridgehead atoms. The highest BCUT2D eigenvalue weighted by Crippen LogP contribution is 2.16. The van der Waals surface area contributed by atoms with E-state index in [1.807, 2.05) is 0 Å². The summed E-state index contributed by atoms with van der Waals surface area (Å²) in [5.41, 5.74) is 4.82. The van der Waals surface area contributed by atoms with Crippen molar-refractivity contribution in [1.82, 2.24) is 15.8 Å². The SMILES string of the molecule is O=C(NNC(=O)c1ccccc1F)c1cc2cc(F)ccc2[nH]1. The van der Waals surface area contributed by atoms with E-state index in [1.165, 1.54) is 42.5 Å². The molecule has 0 aliphatic carbocycles. The number of halogens is 2. The zero-order valence-electron chi connectivity index (χ0n) is 11.7. The van der Waals surface area contributed by atoms with Crippen molar-refractivity contribution in [2.75, 3.05) is 0 Å². The average molecular weight is 315 g/mol. The number of nitrogens with one attached hydrogen (secondary N) is 3. The van der Waals surface area contributed by atoms with Gasteiger partial charge in [-0.25, -0.2) is 8.78 Å². The van der Waals surface area contributed by atoms with Gasteiger partial charge < -0.3 is 4.98 Å². The van der Waals surface area contributed by atoms with Crippen LogP contribution in [0.3, 0.4) is 0 Å². The number of aromatic amines is 1. The van der Waals surface area contributed by atoms with Crippen molar-refractivity contribution in [3.8, 4) is 0 Å². The van der Waals surface area contributed by atoms with Crippen LogP contribution in [0.4, 0.5) is 8.78 Å². The summed E-state index contributed by atoms with van der Waals surface area (Å²) in [5, 5.41) is 0.524. The van der Waals surface area contributed by atoms with Crippen LogP contribution in [0.1, 0.15) is 20.8 Å². The molecule has 7 heteroatoms. The summed E-state index contributed by atoms with van der Waals surface area (Å²) in [6, 6.07) is 10.9. The maximum absolute atomic E-state index is 13.4. The Morgan fingerprint density at radius 2 is 1.65 bits per heavy atom. The summed E-state index contributed by atoms with van der Waals surface area (Å²) >= 11 is 0. The van der Waals surface area contributed by atoms with Gasteiger partial charge in [-0.1, -0.05) is 12.1 Å². The predicted octanol–water partition coefficient (Wildman–Crippen LogP) is 2.52. The summed E-state index contributed by atoms with van der Waals surface area (Å²) < 4.78 is 26.6. The Bertz CT molecular complexity index is 905. The van der Waals surface area contributed by atoms with Gasteiger partial charge in [0.25, 0.3) is 11.8 Å². The van der Waals surface area contributed by atoms with E-state index in [2.05, 4.69) is 15.8 Å². The third-order valence-electron chi connectivity index (χ3n) is 3.24. The highest BCUT2D eigenvalue weighted by atomic mass is 19.1. The van der Waals surface area contributed by atoms with Gasteiger partial charge in [0.2, 0.25) is 0 Å². The zero-order chi connectivity index (χ0) is 16.4. The number of hydrazine groups is 1. The number of rotatable bonds is 2. The van der Waals surface area contributed by atoms with Crippen LogP contribution >= 0.6 is 0 Å². The zero-order valence-corrected chi connectivity index (χ0v) is 11.7. The molecular weight excluding hydrogens is 304 g/mol. The molecule has 3 rings (SSSR count). The van der Waals surface area contributed by atoms with Crippen molar-refractivity contribution >= 4 is 22.7 Å². The molecule has 0 saturated heterocycles. The molecule has 1 heterocycles. The topological polar surface area (TPSA) is 74.0 Å². The molecule has 23 heavy (non-hydrogen) atoms. The van der Waals surface area contributed by atoms with Gasteiger partial charge in [0.15, 0.2) is 0 Å². The lowest BCUT2D eigenvalue weighted by Crippen LogP contribution is -2.42. The minimum absolute atomic E-state index is 0.138. The van der Waals surface area contributed by atoms with E-state index in [0.29, 0.717) is 10.9 Å². The summed E-state index contributed by atoms with van der Waals surface area (Å²) in [4.78, 5) is 26.6. The Morgan fingerprint density at radius 1 is 0.913 bits per heavy atom. The average Bonchev–Trinajstić information content (AvgIpc) is 2.95. The van der Waals surface area contributed by atoms with Gasteiger partial charge in [-0.15, -0.1) is 0 Å². The number of H-pyrrole nitrogens is 1. The number of carbonyl (C=O) groups excluding carboxylic acids is 2. The lowest BCUT2D eigenvalue weighted by Gasteiger charge is -2.06. The third kappa shape index (κ3) is 3.03. The molecule has 0 aliphatic rings. The predicted molar refractivity (Wildman–Crippen MR) is 79.6 cm³/mol. The molecule has 0 spiro atoms. The van der Waals surface area contributed by atoms with Gasteiger partial charge in [0.05, 0.1) is 5.56 Å². The van der Waals surface area contributed by atoms with E-state index in [1.54, 1.807) is 0 Å². The van der Waals surface area contributed by atoms with Crippen molar-refractivity contribution in [2.45, 2.75) is 0 Å². The fourth-order valence-corrected chi connectivity index (χ4v) is 2.12. The number of carbonyl (C=O) groups is 2. The third-order valence-corrected chi connectivity index (χ3v) is 3.24. The minimum atomic E-state index is -0.779. The number of hydrogen-bond acceptors (Lipinski definition) is 2. The van der Waals surface area contributed by atoms with E-state index in [-0.39, 0.29) is 11.3 Å². The Morgan fingerprint density at radius 3 is 2.43 bits per heavy atom. The Labute approximate surface area is 129 Å². The van der Waals surface area contributed by atoms with Gasteiger partial charge in [-0.05, 0) is 36.4 Å². The summed E-state index contributed by atoms with van der Waals surface area (Å²) in [5.74, 6) is -2.53. The van der Waals surface area contributed by atoms with Crippen molar-refractivity contribution in [2.24, 2.45) is 0 Å². The van der Waals surface area contributed by atoms with Crippen LogP contribution in [0.25, 0.3) is 10.9 Å². The van der Waals surface area contributed by atoms with Crippen molar-refractivity contribution in [1.29, 1.82) is 0 Å². The van der Waals surface area contributed by atoms with Gasteiger partial charge in [0.1, 0.15) is 17.3 Å². The van der Waals surface area contributed by atoms with Crippen molar-refractivity contribution in [3.05, 3.63) is 71.4 Å². The van der Waals surface area contributed by atoms with Crippen molar-refractivity contribution in [3.63, 3.8) is 0 Å².